The van der Waals surface area contributed by atoms with Gasteiger partial charge in [0.1, 0.15) is 0 Å². The minimum Gasteiger partial charge on any atom is -0.366 e. The molecule has 0 atom stereocenters. The summed E-state index contributed by atoms with van der Waals surface area (Å²) in [6.07, 6.45) is 0.259. The minimum absolute atomic E-state index is 0.0189. The summed E-state index contributed by atoms with van der Waals surface area (Å²) in [6.45, 7) is 0.288. The first-order chi connectivity index (χ1) is 6.24. The van der Waals surface area contributed by atoms with Gasteiger partial charge in [-0.1, -0.05) is 0 Å². The van der Waals surface area contributed by atoms with Gasteiger partial charge in [0.25, 0.3) is 5.91 Å². The van der Waals surface area contributed by atoms with Crippen molar-refractivity contribution < 1.29 is 4.79 Å². The van der Waals surface area contributed by atoms with Gasteiger partial charge in [-0.25, -0.2) is 0 Å². The van der Waals surface area contributed by atoms with Crippen molar-refractivity contribution in [1.82, 2.24) is 20.5 Å². The summed E-state index contributed by atoms with van der Waals surface area (Å²) in [7, 11) is 0. The van der Waals surface area contributed by atoms with E-state index >= 15 is 0 Å². The second kappa shape index (κ2) is 4.06. The van der Waals surface area contributed by atoms with Gasteiger partial charge < -0.3 is 11.1 Å². The van der Waals surface area contributed by atoms with E-state index in [1.165, 1.54) is 0 Å². The predicted molar refractivity (Wildman–Crippen MR) is 43.4 cm³/mol. The van der Waals surface area contributed by atoms with Crippen LogP contribution in [0.15, 0.2) is 0 Å². The van der Waals surface area contributed by atoms with Crippen molar-refractivity contribution in [3.05, 3.63) is 5.82 Å². The maximum Gasteiger partial charge on any atom is 0.288 e. The van der Waals surface area contributed by atoms with Gasteiger partial charge in [0.05, 0.1) is 12.5 Å². The van der Waals surface area contributed by atoms with Crippen molar-refractivity contribution in [3.63, 3.8) is 0 Å². The van der Waals surface area contributed by atoms with Gasteiger partial charge >= 0.3 is 0 Å². The predicted octanol–water partition coefficient (Wildman–Crippen LogP) is -0.970. The van der Waals surface area contributed by atoms with E-state index in [0.717, 1.165) is 0 Å². The van der Waals surface area contributed by atoms with Crippen molar-refractivity contribution in [2.24, 2.45) is 0 Å². The Morgan fingerprint density at radius 1 is 1.77 bits per heavy atom. The summed E-state index contributed by atoms with van der Waals surface area (Å²) < 4.78 is 0. The number of amides is 1. The lowest BCUT2D eigenvalue weighted by molar-refractivity contribution is 0.0944. The Labute approximate surface area is 74.0 Å². The van der Waals surface area contributed by atoms with E-state index in [1.54, 1.807) is 0 Å². The smallest absolute Gasteiger partial charge is 0.288 e. The molecular weight excluding hydrogens is 172 g/mol. The van der Waals surface area contributed by atoms with Crippen LogP contribution in [0.1, 0.15) is 17.0 Å². The normalized spacial score (nSPS) is 9.15. The molecule has 0 bridgehead atoms. The molecule has 0 aliphatic carbocycles. The van der Waals surface area contributed by atoms with Crippen LogP contribution in [0.2, 0.25) is 0 Å². The third kappa shape index (κ3) is 2.44. The molecule has 4 N–H and O–H groups in total. The number of carbonyl (C=O) groups is 1. The lowest BCUT2D eigenvalue weighted by Gasteiger charge is -1.96. The zero-order valence-corrected chi connectivity index (χ0v) is 6.74. The molecule has 0 saturated carbocycles. The molecule has 7 heteroatoms. The van der Waals surface area contributed by atoms with E-state index in [1.807, 2.05) is 6.07 Å². The largest absolute Gasteiger partial charge is 0.366 e. The first kappa shape index (κ1) is 8.99. The number of anilines is 1. The first-order valence-electron chi connectivity index (χ1n) is 3.57. The van der Waals surface area contributed by atoms with Crippen molar-refractivity contribution in [3.8, 4) is 6.07 Å². The number of nitrogens with two attached hydrogens (primary N) is 1. The molecule has 68 valence electrons. The summed E-state index contributed by atoms with van der Waals surface area (Å²) in [5.74, 6) is -0.347. The maximum atomic E-state index is 11.1. The highest BCUT2D eigenvalue weighted by molar-refractivity contribution is 5.90. The quantitative estimate of drug-likeness (QED) is 0.517. The van der Waals surface area contributed by atoms with Crippen LogP contribution >= 0.6 is 0 Å². The number of rotatable bonds is 3. The van der Waals surface area contributed by atoms with Gasteiger partial charge in [0.2, 0.25) is 11.8 Å². The molecule has 0 saturated heterocycles. The fourth-order valence-electron chi connectivity index (χ4n) is 0.692. The molecule has 0 aromatic carbocycles. The molecule has 0 spiro atoms. The van der Waals surface area contributed by atoms with Crippen molar-refractivity contribution in [2.45, 2.75) is 6.42 Å². The van der Waals surface area contributed by atoms with Gasteiger partial charge in [0, 0.05) is 6.54 Å². The van der Waals surface area contributed by atoms with Crippen LogP contribution in [0.25, 0.3) is 0 Å². The van der Waals surface area contributed by atoms with Crippen molar-refractivity contribution in [2.75, 3.05) is 12.3 Å². The van der Waals surface area contributed by atoms with E-state index in [-0.39, 0.29) is 24.7 Å². The number of aromatic amines is 1. The van der Waals surface area contributed by atoms with Crippen LogP contribution in [0.3, 0.4) is 0 Å². The van der Waals surface area contributed by atoms with Crippen LogP contribution in [-0.2, 0) is 0 Å². The standard InChI is InChI=1S/C6H8N6O/c7-2-1-3-9-5(13)4-10-6(8)12-11-4/h1,3H2,(H,9,13)(H3,8,10,11,12). The van der Waals surface area contributed by atoms with Crippen molar-refractivity contribution in [1.29, 1.82) is 5.26 Å². The summed E-state index contributed by atoms with van der Waals surface area (Å²) >= 11 is 0. The lowest BCUT2D eigenvalue weighted by atomic mass is 10.4. The maximum absolute atomic E-state index is 11.1. The molecule has 1 aromatic rings. The zero-order chi connectivity index (χ0) is 9.68. The summed E-state index contributed by atoms with van der Waals surface area (Å²) in [5, 5.41) is 16.5. The zero-order valence-electron chi connectivity index (χ0n) is 6.74. The number of aromatic nitrogens is 3. The van der Waals surface area contributed by atoms with Crippen LogP contribution in [0, 0.1) is 11.3 Å². The summed E-state index contributed by atoms with van der Waals surface area (Å²) in [6, 6.07) is 1.89. The molecule has 0 radical (unpaired) electrons. The fraction of sp³-hybridized carbons (Fsp3) is 0.333. The third-order valence-electron chi connectivity index (χ3n) is 1.24. The number of hydrogen-bond donors (Lipinski definition) is 3. The Balaban J connectivity index is 2.45. The molecule has 7 nitrogen and oxygen atoms in total. The molecule has 0 aliphatic rings. The number of carbonyl (C=O) groups excluding carboxylic acids is 1. The molecule has 1 aromatic heterocycles. The van der Waals surface area contributed by atoms with E-state index < -0.39 is 5.91 Å². The number of H-pyrrole nitrogens is 1. The van der Waals surface area contributed by atoms with Crippen LogP contribution in [0.5, 0.6) is 0 Å². The molecule has 13 heavy (non-hydrogen) atoms. The number of nitrogens with zero attached hydrogens (tertiary/aromatic N) is 3. The average Bonchev–Trinajstić information content (AvgIpc) is 2.52. The van der Waals surface area contributed by atoms with Gasteiger partial charge in [-0.3, -0.25) is 9.89 Å². The van der Waals surface area contributed by atoms with E-state index in [2.05, 4.69) is 20.5 Å². The molecular formula is C6H8N6O. The molecule has 1 amide bonds. The molecule has 1 rings (SSSR count). The minimum atomic E-state index is -0.417. The van der Waals surface area contributed by atoms with Crippen LogP contribution < -0.4 is 11.1 Å². The highest BCUT2D eigenvalue weighted by atomic mass is 16.2. The fourth-order valence-corrected chi connectivity index (χ4v) is 0.692. The highest BCUT2D eigenvalue weighted by Crippen LogP contribution is 1.91. The second-order valence-electron chi connectivity index (χ2n) is 2.21. The van der Waals surface area contributed by atoms with Gasteiger partial charge in [-0.05, 0) is 0 Å². The van der Waals surface area contributed by atoms with Gasteiger partial charge in [0.15, 0.2) is 0 Å². The third-order valence-corrected chi connectivity index (χ3v) is 1.24. The summed E-state index contributed by atoms with van der Waals surface area (Å²) in [4.78, 5) is 14.7. The van der Waals surface area contributed by atoms with E-state index in [0.29, 0.717) is 0 Å². The number of nitriles is 1. The summed E-state index contributed by atoms with van der Waals surface area (Å²) in [5.41, 5.74) is 5.19. The molecule has 0 aliphatic heterocycles. The molecule has 1 heterocycles. The topological polar surface area (TPSA) is 120 Å². The Morgan fingerprint density at radius 3 is 3.08 bits per heavy atom. The monoisotopic (exact) mass is 180 g/mol. The van der Waals surface area contributed by atoms with Crippen molar-refractivity contribution >= 4 is 11.9 Å². The van der Waals surface area contributed by atoms with Gasteiger partial charge in [-0.2, -0.15) is 10.2 Å². The number of hydrogen-bond acceptors (Lipinski definition) is 5. The Kier molecular flexibility index (Phi) is 2.81. The average molecular weight is 180 g/mol. The SMILES string of the molecule is N#CCCNC(=O)c1nc(N)n[nH]1. The molecule has 0 fully saturated rings. The van der Waals surface area contributed by atoms with Gasteiger partial charge in [-0.15, -0.1) is 5.10 Å². The highest BCUT2D eigenvalue weighted by Gasteiger charge is 2.08. The number of nitrogen functional groups attached to an aromatic ring is 1. The molecule has 0 unspecified atom stereocenters. The van der Waals surface area contributed by atoms with Crippen LogP contribution in [0.4, 0.5) is 5.95 Å². The first-order valence-corrected chi connectivity index (χ1v) is 3.57. The van der Waals surface area contributed by atoms with Crippen LogP contribution in [-0.4, -0.2) is 27.6 Å². The Hall–Kier alpha value is -2.10. The Bertz CT molecular complexity index is 337. The second-order valence-corrected chi connectivity index (χ2v) is 2.21. The van der Waals surface area contributed by atoms with E-state index in [9.17, 15) is 4.79 Å². The lowest BCUT2D eigenvalue weighted by Crippen LogP contribution is -2.25. The number of nitrogens with one attached hydrogen (secondary N) is 2. The van der Waals surface area contributed by atoms with E-state index in [4.69, 9.17) is 11.0 Å². The Morgan fingerprint density at radius 2 is 2.54 bits per heavy atom.